The van der Waals surface area contributed by atoms with Crippen LogP contribution < -0.4 is 5.73 Å². The zero-order chi connectivity index (χ0) is 40.3. The maximum atomic E-state index is 12.6. The van der Waals surface area contributed by atoms with Gasteiger partial charge in [0.15, 0.2) is 6.10 Å². The van der Waals surface area contributed by atoms with Crippen molar-refractivity contribution < 1.29 is 37.6 Å². The predicted molar refractivity (Wildman–Crippen MR) is 229 cm³/mol. The van der Waals surface area contributed by atoms with Crippen LogP contribution in [0.3, 0.4) is 0 Å². The molecule has 0 heterocycles. The Kier molecular flexibility index (Phi) is 39.6. The summed E-state index contributed by atoms with van der Waals surface area (Å²) in [5, 5.41) is 0. The Morgan fingerprint density at radius 2 is 0.964 bits per heavy atom. The molecule has 0 bridgehead atoms. The van der Waals surface area contributed by atoms with Gasteiger partial charge < -0.3 is 20.1 Å². The number of carbonyl (C=O) groups is 2. The molecule has 9 nitrogen and oxygen atoms in total. The van der Waals surface area contributed by atoms with Crippen LogP contribution in [0, 0.1) is 0 Å². The number of unbranched alkanes of at least 4 members (excludes halogenated alkanes) is 17. The molecule has 0 aliphatic rings. The lowest BCUT2D eigenvalue weighted by molar-refractivity contribution is -0.161. The van der Waals surface area contributed by atoms with E-state index in [9.17, 15) is 19.0 Å². The Morgan fingerprint density at radius 1 is 0.545 bits per heavy atom. The molecule has 0 fully saturated rings. The van der Waals surface area contributed by atoms with Crippen LogP contribution in [-0.2, 0) is 32.7 Å². The fourth-order valence-electron chi connectivity index (χ4n) is 5.62. The molecule has 0 aromatic rings. The number of hydrogen-bond donors (Lipinski definition) is 2. The Hall–Kier alpha value is -2.29. The van der Waals surface area contributed by atoms with Gasteiger partial charge in [-0.25, -0.2) is 4.57 Å². The number of nitrogens with two attached hydrogens (primary N) is 1. The largest absolute Gasteiger partial charge is 0.472 e. The van der Waals surface area contributed by atoms with Crippen LogP contribution in [-0.4, -0.2) is 49.3 Å². The molecule has 0 aliphatic carbocycles. The van der Waals surface area contributed by atoms with Crippen LogP contribution in [0.1, 0.15) is 181 Å². The zero-order valence-electron chi connectivity index (χ0n) is 34.9. The summed E-state index contributed by atoms with van der Waals surface area (Å²) in [4.78, 5) is 34.8. The average Bonchev–Trinajstić information content (AvgIpc) is 3.17. The number of rotatable bonds is 40. The van der Waals surface area contributed by atoms with Gasteiger partial charge in [0.2, 0.25) is 0 Å². The molecule has 1 unspecified atom stereocenters. The Bertz CT molecular complexity index is 1090. The Morgan fingerprint density at radius 3 is 1.49 bits per heavy atom. The smallest absolute Gasteiger partial charge is 0.462 e. The topological polar surface area (TPSA) is 134 Å². The lowest BCUT2D eigenvalue weighted by Crippen LogP contribution is -2.29. The van der Waals surface area contributed by atoms with Crippen molar-refractivity contribution in [3.63, 3.8) is 0 Å². The van der Waals surface area contributed by atoms with Gasteiger partial charge in [-0.2, -0.15) is 0 Å². The number of ether oxygens (including phenoxy) is 2. The second-order valence-corrected chi connectivity index (χ2v) is 15.7. The van der Waals surface area contributed by atoms with Crippen LogP contribution in [0.15, 0.2) is 60.8 Å². The lowest BCUT2D eigenvalue weighted by Gasteiger charge is -2.19. The standard InChI is InChI=1S/C45H80NO8P/c1-3-5-7-9-11-13-15-17-19-21-23-25-27-29-31-33-35-37-44(47)51-41-43(42-53-55(49,50)52-40-39-46)54-45(48)38-36-34-32-30-28-26-24-22-20-18-16-14-12-10-8-6-4-2/h11,13,17-20,24,26,30,32,43H,3-10,12,14-16,21-23,25,27-29,31,33-42,46H2,1-2H3,(H,49,50)/t43-/m1/s1. The van der Waals surface area contributed by atoms with Crippen molar-refractivity contribution in [3.05, 3.63) is 60.8 Å². The van der Waals surface area contributed by atoms with Gasteiger partial charge in [0.1, 0.15) is 6.61 Å². The first-order valence-electron chi connectivity index (χ1n) is 21.8. The molecule has 0 aromatic carbocycles. The summed E-state index contributed by atoms with van der Waals surface area (Å²) in [7, 11) is -4.39. The maximum absolute atomic E-state index is 12.6. The van der Waals surface area contributed by atoms with E-state index in [1.165, 1.54) is 83.5 Å². The van der Waals surface area contributed by atoms with E-state index in [2.05, 4.69) is 68.5 Å². The summed E-state index contributed by atoms with van der Waals surface area (Å²) in [6, 6.07) is 0. The first-order valence-corrected chi connectivity index (χ1v) is 23.3. The minimum atomic E-state index is -4.39. The molecule has 2 atom stereocenters. The maximum Gasteiger partial charge on any atom is 0.472 e. The highest BCUT2D eigenvalue weighted by molar-refractivity contribution is 7.47. The molecule has 0 radical (unpaired) electrons. The minimum absolute atomic E-state index is 0.0422. The second kappa shape index (κ2) is 41.3. The summed E-state index contributed by atoms with van der Waals surface area (Å²) in [5.41, 5.74) is 5.34. The Labute approximate surface area is 336 Å². The molecular weight excluding hydrogens is 713 g/mol. The van der Waals surface area contributed by atoms with E-state index in [0.717, 1.165) is 51.4 Å². The molecule has 0 saturated heterocycles. The van der Waals surface area contributed by atoms with Crippen molar-refractivity contribution in [2.24, 2.45) is 5.73 Å². The van der Waals surface area contributed by atoms with Crippen molar-refractivity contribution in [3.8, 4) is 0 Å². The highest BCUT2D eigenvalue weighted by Gasteiger charge is 2.25. The minimum Gasteiger partial charge on any atom is -0.462 e. The highest BCUT2D eigenvalue weighted by atomic mass is 31.2. The van der Waals surface area contributed by atoms with Gasteiger partial charge in [-0.3, -0.25) is 18.6 Å². The third-order valence-corrected chi connectivity index (χ3v) is 9.86. The van der Waals surface area contributed by atoms with Crippen LogP contribution in [0.4, 0.5) is 0 Å². The number of phosphoric ester groups is 1. The predicted octanol–water partition coefficient (Wildman–Crippen LogP) is 12.5. The van der Waals surface area contributed by atoms with Crippen LogP contribution in [0.2, 0.25) is 0 Å². The molecule has 3 N–H and O–H groups in total. The SMILES string of the molecule is CCCCCC=CCC=CCCCCCCCCCC(=O)OC[C@H](COP(=O)(O)OCCN)OC(=O)CCCC=CCC=CCC=CCCCCCCCC. The number of allylic oxidation sites excluding steroid dienone is 10. The van der Waals surface area contributed by atoms with E-state index >= 15 is 0 Å². The molecule has 0 rings (SSSR count). The van der Waals surface area contributed by atoms with Crippen LogP contribution in [0.5, 0.6) is 0 Å². The van der Waals surface area contributed by atoms with Crippen molar-refractivity contribution >= 4 is 19.8 Å². The third kappa shape index (κ3) is 41.2. The van der Waals surface area contributed by atoms with Crippen molar-refractivity contribution in [1.82, 2.24) is 0 Å². The van der Waals surface area contributed by atoms with E-state index < -0.39 is 32.5 Å². The van der Waals surface area contributed by atoms with Crippen LogP contribution >= 0.6 is 7.82 Å². The van der Waals surface area contributed by atoms with E-state index in [1.54, 1.807) is 0 Å². The second-order valence-electron chi connectivity index (χ2n) is 14.2. The summed E-state index contributed by atoms with van der Waals surface area (Å²) >= 11 is 0. The van der Waals surface area contributed by atoms with E-state index in [0.29, 0.717) is 19.3 Å². The van der Waals surface area contributed by atoms with E-state index in [-0.39, 0.29) is 32.6 Å². The van der Waals surface area contributed by atoms with Gasteiger partial charge >= 0.3 is 19.8 Å². The number of esters is 2. The quantitative estimate of drug-likeness (QED) is 0.0269. The number of carbonyl (C=O) groups excluding carboxylic acids is 2. The highest BCUT2D eigenvalue weighted by Crippen LogP contribution is 2.43. The summed E-state index contributed by atoms with van der Waals surface area (Å²) in [6.45, 7) is 3.63. The average molecular weight is 794 g/mol. The van der Waals surface area contributed by atoms with Gasteiger partial charge in [0, 0.05) is 19.4 Å². The lowest BCUT2D eigenvalue weighted by atomic mass is 10.1. The fourth-order valence-corrected chi connectivity index (χ4v) is 6.39. The summed E-state index contributed by atoms with van der Waals surface area (Å²) in [5.74, 6) is -0.902. The van der Waals surface area contributed by atoms with Gasteiger partial charge in [0.25, 0.3) is 0 Å². The fraction of sp³-hybridized carbons (Fsp3) is 0.733. The first-order chi connectivity index (χ1) is 26.8. The van der Waals surface area contributed by atoms with Crippen molar-refractivity contribution in [2.75, 3.05) is 26.4 Å². The molecule has 0 aromatic heterocycles. The number of hydrogen-bond acceptors (Lipinski definition) is 8. The Balaban J connectivity index is 4.26. The first kappa shape index (κ1) is 52.7. The summed E-state index contributed by atoms with van der Waals surface area (Å²) in [6.07, 6.45) is 48.3. The summed E-state index contributed by atoms with van der Waals surface area (Å²) < 4.78 is 32.7. The van der Waals surface area contributed by atoms with Gasteiger partial charge in [-0.15, -0.1) is 0 Å². The van der Waals surface area contributed by atoms with E-state index in [1.807, 2.05) is 6.08 Å². The van der Waals surface area contributed by atoms with Gasteiger partial charge in [-0.1, -0.05) is 152 Å². The third-order valence-electron chi connectivity index (χ3n) is 8.88. The molecule has 0 spiro atoms. The van der Waals surface area contributed by atoms with Crippen molar-refractivity contribution in [1.29, 1.82) is 0 Å². The zero-order valence-corrected chi connectivity index (χ0v) is 35.8. The molecule has 10 heteroatoms. The molecule has 318 valence electrons. The van der Waals surface area contributed by atoms with Crippen molar-refractivity contribution in [2.45, 2.75) is 187 Å². The molecular formula is C45H80NO8P. The molecule has 55 heavy (non-hydrogen) atoms. The molecule has 0 amide bonds. The molecule has 0 aliphatic heterocycles. The van der Waals surface area contributed by atoms with Crippen LogP contribution in [0.25, 0.3) is 0 Å². The van der Waals surface area contributed by atoms with Gasteiger partial charge in [-0.05, 0) is 77.0 Å². The molecule has 0 saturated carbocycles. The van der Waals surface area contributed by atoms with E-state index in [4.69, 9.17) is 24.3 Å². The number of phosphoric acid groups is 1. The monoisotopic (exact) mass is 794 g/mol. The van der Waals surface area contributed by atoms with Gasteiger partial charge in [0.05, 0.1) is 13.2 Å². The normalized spacial score (nSPS) is 13.9.